The molecule has 178 valence electrons. The number of carbonyl (C=O) groups is 2. The molecule has 8 heteroatoms. The van der Waals surface area contributed by atoms with Crippen LogP contribution in [0.15, 0.2) is 88.1 Å². The zero-order chi connectivity index (χ0) is 24.9. The Balaban J connectivity index is 1.75. The first kappa shape index (κ1) is 24.7. The fourth-order valence-corrected chi connectivity index (χ4v) is 4.39. The molecule has 0 radical (unpaired) electrons. The lowest BCUT2D eigenvalue weighted by Crippen LogP contribution is -2.37. The maximum absolute atomic E-state index is 13.6. The van der Waals surface area contributed by atoms with E-state index in [2.05, 4.69) is 21.0 Å². The van der Waals surface area contributed by atoms with Gasteiger partial charge >= 0.3 is 0 Å². The smallest absolute Gasteiger partial charge is 0.282 e. The van der Waals surface area contributed by atoms with Gasteiger partial charge in [0, 0.05) is 27.2 Å². The number of amides is 1. The molecule has 1 aromatic heterocycles. The van der Waals surface area contributed by atoms with E-state index in [9.17, 15) is 14.4 Å². The largest absolute Gasteiger partial charge is 0.331 e. The van der Waals surface area contributed by atoms with Gasteiger partial charge in [-0.1, -0.05) is 70.9 Å². The number of hydrogen-bond acceptors (Lipinski definition) is 3. The molecule has 0 aliphatic carbocycles. The Bertz CT molecular complexity index is 1410. The topological polar surface area (TPSA) is 75.2 Å². The van der Waals surface area contributed by atoms with Gasteiger partial charge in [0.25, 0.3) is 11.5 Å². The van der Waals surface area contributed by atoms with Crippen LogP contribution in [0.5, 0.6) is 0 Å². The monoisotopic (exact) mass is 551 g/mol. The minimum absolute atomic E-state index is 0.00861. The van der Waals surface area contributed by atoms with Gasteiger partial charge in [0.1, 0.15) is 5.56 Å². The number of halogens is 2. The van der Waals surface area contributed by atoms with E-state index in [0.29, 0.717) is 40.5 Å². The van der Waals surface area contributed by atoms with Crippen LogP contribution in [0, 0.1) is 0 Å². The molecule has 0 fully saturated rings. The Morgan fingerprint density at radius 3 is 2.37 bits per heavy atom. The summed E-state index contributed by atoms with van der Waals surface area (Å²) in [6, 6.07) is 22.9. The lowest BCUT2D eigenvalue weighted by Gasteiger charge is -2.21. The number of benzene rings is 3. The summed E-state index contributed by atoms with van der Waals surface area (Å²) in [6.45, 7) is 2.10. The second-order valence-electron chi connectivity index (χ2n) is 8.01. The van der Waals surface area contributed by atoms with Gasteiger partial charge in [0.05, 0.1) is 17.9 Å². The van der Waals surface area contributed by atoms with Gasteiger partial charge < -0.3 is 4.90 Å². The Hall–Kier alpha value is -3.42. The van der Waals surface area contributed by atoms with Crippen LogP contribution in [-0.4, -0.2) is 39.5 Å². The fourth-order valence-electron chi connectivity index (χ4n) is 3.86. The maximum Gasteiger partial charge on any atom is 0.282 e. The number of aromatic nitrogens is 2. The number of ketones is 1. The summed E-state index contributed by atoms with van der Waals surface area (Å²) in [5.74, 6) is -0.703. The molecule has 3 aromatic carbocycles. The van der Waals surface area contributed by atoms with Crippen LogP contribution in [0.2, 0.25) is 5.02 Å². The molecule has 0 bridgehead atoms. The van der Waals surface area contributed by atoms with Crippen LogP contribution in [0.4, 0.5) is 0 Å². The minimum Gasteiger partial charge on any atom is -0.331 e. The van der Waals surface area contributed by atoms with E-state index >= 15 is 0 Å². The minimum atomic E-state index is -0.484. The van der Waals surface area contributed by atoms with Gasteiger partial charge in [-0.05, 0) is 48.9 Å². The number of carbonyl (C=O) groups excluding carboxylic acids is 2. The average Bonchev–Trinajstić information content (AvgIpc) is 3.21. The molecule has 0 spiro atoms. The van der Waals surface area contributed by atoms with Crippen molar-refractivity contribution in [2.45, 2.75) is 13.3 Å². The van der Waals surface area contributed by atoms with E-state index < -0.39 is 11.3 Å². The lowest BCUT2D eigenvalue weighted by atomic mass is 10.0. The molecule has 1 N–H and O–H groups in total. The van der Waals surface area contributed by atoms with Crippen molar-refractivity contribution in [2.75, 3.05) is 13.1 Å². The summed E-state index contributed by atoms with van der Waals surface area (Å²) in [5, 5.41) is 3.62. The highest BCUT2D eigenvalue weighted by atomic mass is 79.9. The number of Topliss-reactive ketones (excluding diaryl/α,β-unsaturated/α-hetero) is 1. The Labute approximate surface area is 216 Å². The van der Waals surface area contributed by atoms with Crippen LogP contribution in [-0.2, 0) is 0 Å². The number of hydrogen-bond donors (Lipinski definition) is 1. The van der Waals surface area contributed by atoms with Gasteiger partial charge in [-0.15, -0.1) is 0 Å². The van der Waals surface area contributed by atoms with Gasteiger partial charge in [-0.2, -0.15) is 0 Å². The quantitative estimate of drug-likeness (QED) is 0.273. The molecule has 4 aromatic rings. The normalized spacial score (nSPS) is 10.8. The van der Waals surface area contributed by atoms with Crippen molar-refractivity contribution < 1.29 is 9.59 Å². The van der Waals surface area contributed by atoms with Crippen molar-refractivity contribution >= 4 is 39.2 Å². The van der Waals surface area contributed by atoms with Crippen LogP contribution < -0.4 is 5.56 Å². The van der Waals surface area contributed by atoms with Crippen LogP contribution >= 0.6 is 27.5 Å². The first-order valence-electron chi connectivity index (χ1n) is 11.1. The van der Waals surface area contributed by atoms with E-state index in [4.69, 9.17) is 11.6 Å². The summed E-state index contributed by atoms with van der Waals surface area (Å²) < 4.78 is 2.10. The summed E-state index contributed by atoms with van der Waals surface area (Å²) in [5.41, 5.74) is 1.64. The highest BCUT2D eigenvalue weighted by Gasteiger charge is 2.26. The van der Waals surface area contributed by atoms with E-state index in [1.54, 1.807) is 42.5 Å². The number of aromatic amines is 1. The first-order valence-corrected chi connectivity index (χ1v) is 12.3. The molecule has 0 atom stereocenters. The van der Waals surface area contributed by atoms with Crippen molar-refractivity contribution in [2.24, 2.45) is 0 Å². The molecule has 0 unspecified atom stereocenters. The highest BCUT2D eigenvalue weighted by molar-refractivity contribution is 9.10. The van der Waals surface area contributed by atoms with Gasteiger partial charge in [0.2, 0.25) is 0 Å². The molecule has 35 heavy (non-hydrogen) atoms. The third kappa shape index (κ3) is 5.47. The van der Waals surface area contributed by atoms with Crippen LogP contribution in [0.1, 0.15) is 34.1 Å². The molecule has 0 saturated heterocycles. The first-order chi connectivity index (χ1) is 16.9. The Kier molecular flexibility index (Phi) is 7.68. The molecular formula is C27H23BrClN3O3. The SMILES string of the molecule is CCCN(CC(=O)c1c(-c2ccccc2)[nH]n(-c2ccc(Cl)cc2)c1=O)C(=O)c1cccc(Br)c1. The van der Waals surface area contributed by atoms with Gasteiger partial charge in [0.15, 0.2) is 5.78 Å². The summed E-state index contributed by atoms with van der Waals surface area (Å²) >= 11 is 9.39. The molecular weight excluding hydrogens is 530 g/mol. The summed E-state index contributed by atoms with van der Waals surface area (Å²) in [4.78, 5) is 41.8. The molecule has 0 saturated carbocycles. The number of nitrogens with one attached hydrogen (secondary N) is 1. The predicted molar refractivity (Wildman–Crippen MR) is 142 cm³/mol. The summed E-state index contributed by atoms with van der Waals surface area (Å²) in [6.07, 6.45) is 0.667. The van der Waals surface area contributed by atoms with Crippen molar-refractivity contribution in [3.05, 3.63) is 110 Å². The predicted octanol–water partition coefficient (Wildman–Crippen LogP) is 5.98. The van der Waals surface area contributed by atoms with Crippen molar-refractivity contribution in [3.8, 4) is 16.9 Å². The van der Waals surface area contributed by atoms with Gasteiger partial charge in [-0.3, -0.25) is 19.5 Å². The van der Waals surface area contributed by atoms with Crippen molar-refractivity contribution in [1.82, 2.24) is 14.7 Å². The molecule has 0 aliphatic heterocycles. The highest BCUT2D eigenvalue weighted by Crippen LogP contribution is 2.22. The third-order valence-corrected chi connectivity index (χ3v) is 6.25. The van der Waals surface area contributed by atoms with Crippen LogP contribution in [0.25, 0.3) is 16.9 Å². The third-order valence-electron chi connectivity index (χ3n) is 5.50. The maximum atomic E-state index is 13.6. The number of H-pyrrole nitrogens is 1. The molecule has 1 amide bonds. The zero-order valence-corrected chi connectivity index (χ0v) is 21.3. The fraction of sp³-hybridized carbons (Fsp3) is 0.148. The molecule has 6 nitrogen and oxygen atoms in total. The lowest BCUT2D eigenvalue weighted by molar-refractivity contribution is 0.0709. The second kappa shape index (κ2) is 10.9. The second-order valence-corrected chi connectivity index (χ2v) is 9.36. The number of rotatable bonds is 8. The summed E-state index contributed by atoms with van der Waals surface area (Å²) in [7, 11) is 0. The number of nitrogens with zero attached hydrogens (tertiary/aromatic N) is 2. The van der Waals surface area contributed by atoms with Crippen molar-refractivity contribution in [1.29, 1.82) is 0 Å². The Morgan fingerprint density at radius 2 is 1.71 bits per heavy atom. The van der Waals surface area contributed by atoms with E-state index in [-0.39, 0.29) is 18.0 Å². The van der Waals surface area contributed by atoms with E-state index in [1.807, 2.05) is 43.3 Å². The Morgan fingerprint density at radius 1 is 1.00 bits per heavy atom. The van der Waals surface area contributed by atoms with E-state index in [1.165, 1.54) is 9.58 Å². The zero-order valence-electron chi connectivity index (χ0n) is 19.0. The molecule has 1 heterocycles. The van der Waals surface area contributed by atoms with Gasteiger partial charge in [-0.25, -0.2) is 4.68 Å². The van der Waals surface area contributed by atoms with E-state index in [0.717, 1.165) is 4.47 Å². The molecule has 0 aliphatic rings. The van der Waals surface area contributed by atoms with Crippen LogP contribution in [0.3, 0.4) is 0 Å². The standard InChI is InChI=1S/C27H23BrClN3O3/c1-2-15-31(26(34)19-9-6-10-20(28)16-19)17-23(33)24-25(18-7-4-3-5-8-18)30-32(27(24)35)22-13-11-21(29)12-14-22/h3-14,16,30H,2,15,17H2,1H3. The van der Waals surface area contributed by atoms with Crippen molar-refractivity contribution in [3.63, 3.8) is 0 Å². The average molecular weight is 553 g/mol. The molecule has 4 rings (SSSR count).